The Labute approximate surface area is 121 Å². The molecule has 0 aromatic heterocycles. The minimum absolute atomic E-state index is 0.0890. The summed E-state index contributed by atoms with van der Waals surface area (Å²) in [6.45, 7) is 4.67. The topological polar surface area (TPSA) is 75.6 Å². The molecular weight excluding hydrogens is 282 g/mol. The molecule has 1 aromatic carbocycles. The molecule has 1 atom stereocenters. The average molecular weight is 296 g/mol. The van der Waals surface area contributed by atoms with E-state index in [0.29, 0.717) is 0 Å². The van der Waals surface area contributed by atoms with E-state index in [-0.39, 0.29) is 27.9 Å². The lowest BCUT2D eigenvalue weighted by Crippen LogP contribution is -2.13. The van der Waals surface area contributed by atoms with E-state index in [9.17, 15) is 9.59 Å². The first-order valence-electron chi connectivity index (χ1n) is 5.78. The van der Waals surface area contributed by atoms with Gasteiger partial charge in [-0.15, -0.1) is 5.92 Å². The van der Waals surface area contributed by atoms with Gasteiger partial charge in [-0.05, 0) is 19.9 Å². The highest BCUT2D eigenvalue weighted by molar-refractivity contribution is 6.34. The molecule has 0 saturated carbocycles. The van der Waals surface area contributed by atoms with Gasteiger partial charge in [0.1, 0.15) is 11.3 Å². The third kappa shape index (κ3) is 4.18. The van der Waals surface area contributed by atoms with Crippen LogP contribution < -0.4 is 10.1 Å². The van der Waals surface area contributed by atoms with Crippen molar-refractivity contribution in [2.45, 2.75) is 26.9 Å². The fourth-order valence-electron chi connectivity index (χ4n) is 1.53. The number of carbonyl (C=O) groups excluding carboxylic acids is 1. The van der Waals surface area contributed by atoms with Crippen LogP contribution in [0, 0.1) is 11.8 Å². The maximum atomic E-state index is 11.2. The van der Waals surface area contributed by atoms with E-state index in [1.54, 1.807) is 13.8 Å². The van der Waals surface area contributed by atoms with Crippen LogP contribution in [0.5, 0.6) is 5.75 Å². The number of hydrogen-bond donors (Lipinski definition) is 2. The lowest BCUT2D eigenvalue weighted by atomic mass is 10.1. The molecule has 0 heterocycles. The Kier molecular flexibility index (Phi) is 5.42. The van der Waals surface area contributed by atoms with Crippen molar-refractivity contribution < 1.29 is 19.4 Å². The Morgan fingerprint density at radius 3 is 2.60 bits per heavy atom. The summed E-state index contributed by atoms with van der Waals surface area (Å²) < 4.78 is 5.46. The molecule has 1 aromatic rings. The van der Waals surface area contributed by atoms with Gasteiger partial charge >= 0.3 is 5.97 Å². The van der Waals surface area contributed by atoms with Crippen LogP contribution in [-0.2, 0) is 4.79 Å². The summed E-state index contributed by atoms with van der Waals surface area (Å²) in [7, 11) is 0. The summed E-state index contributed by atoms with van der Waals surface area (Å²) in [5, 5.41) is 11.8. The third-order valence-electron chi connectivity index (χ3n) is 2.26. The number of aromatic carboxylic acids is 1. The first-order valence-corrected chi connectivity index (χ1v) is 6.16. The van der Waals surface area contributed by atoms with Crippen molar-refractivity contribution in [3.05, 3.63) is 22.7 Å². The highest BCUT2D eigenvalue weighted by Crippen LogP contribution is 2.31. The largest absolute Gasteiger partial charge is 0.478 e. The molecule has 0 saturated heterocycles. The molecule has 1 rings (SSSR count). The van der Waals surface area contributed by atoms with E-state index < -0.39 is 12.1 Å². The predicted molar refractivity (Wildman–Crippen MR) is 76.3 cm³/mol. The Balaban J connectivity index is 3.25. The van der Waals surface area contributed by atoms with Gasteiger partial charge in [-0.25, -0.2) is 4.79 Å². The molecule has 0 fully saturated rings. The van der Waals surface area contributed by atoms with Gasteiger partial charge in [0.15, 0.2) is 6.10 Å². The van der Waals surface area contributed by atoms with Crippen LogP contribution in [0.15, 0.2) is 12.1 Å². The highest BCUT2D eigenvalue weighted by Gasteiger charge is 2.17. The number of hydrogen-bond acceptors (Lipinski definition) is 3. The van der Waals surface area contributed by atoms with Crippen molar-refractivity contribution in [1.82, 2.24) is 0 Å². The molecule has 1 unspecified atom stereocenters. The predicted octanol–water partition coefficient (Wildman–Crippen LogP) is 2.79. The maximum Gasteiger partial charge on any atom is 0.339 e. The smallest absolute Gasteiger partial charge is 0.339 e. The van der Waals surface area contributed by atoms with E-state index in [2.05, 4.69) is 17.2 Å². The number of ether oxygens (including phenoxy) is 1. The number of rotatable bonds is 4. The lowest BCUT2D eigenvalue weighted by molar-refractivity contribution is -0.114. The Bertz CT molecular complexity index is 601. The SMILES string of the molecule is CC#CC(C)Oc1cc(NC(C)=O)c(Cl)cc1C(=O)O. The minimum Gasteiger partial charge on any atom is -0.478 e. The number of nitrogens with one attached hydrogen (secondary N) is 1. The summed E-state index contributed by atoms with van der Waals surface area (Å²) in [6.07, 6.45) is -0.482. The van der Waals surface area contributed by atoms with Crippen molar-refractivity contribution in [3.8, 4) is 17.6 Å². The second-order valence-electron chi connectivity index (χ2n) is 3.97. The van der Waals surface area contributed by atoms with E-state index in [1.165, 1.54) is 19.1 Å². The van der Waals surface area contributed by atoms with E-state index in [4.69, 9.17) is 21.4 Å². The fraction of sp³-hybridized carbons (Fsp3) is 0.286. The second-order valence-corrected chi connectivity index (χ2v) is 4.38. The van der Waals surface area contributed by atoms with Crippen molar-refractivity contribution in [2.24, 2.45) is 0 Å². The molecule has 1 amide bonds. The third-order valence-corrected chi connectivity index (χ3v) is 2.57. The van der Waals surface area contributed by atoms with Crippen molar-refractivity contribution in [2.75, 3.05) is 5.32 Å². The van der Waals surface area contributed by atoms with Gasteiger partial charge in [-0.1, -0.05) is 17.5 Å². The highest BCUT2D eigenvalue weighted by atomic mass is 35.5. The Morgan fingerprint density at radius 1 is 1.45 bits per heavy atom. The Hall–Kier alpha value is -2.19. The molecule has 2 N–H and O–H groups in total. The van der Waals surface area contributed by atoms with Gasteiger partial charge in [0.25, 0.3) is 0 Å². The normalized spacial score (nSPS) is 11.0. The Morgan fingerprint density at radius 2 is 2.10 bits per heavy atom. The molecule has 0 radical (unpaired) electrons. The zero-order valence-electron chi connectivity index (χ0n) is 11.3. The minimum atomic E-state index is -1.17. The monoisotopic (exact) mass is 295 g/mol. The van der Waals surface area contributed by atoms with Gasteiger partial charge in [0, 0.05) is 13.0 Å². The van der Waals surface area contributed by atoms with E-state index >= 15 is 0 Å². The summed E-state index contributed by atoms with van der Waals surface area (Å²) in [6, 6.07) is 2.61. The van der Waals surface area contributed by atoms with E-state index in [0.717, 1.165) is 0 Å². The van der Waals surface area contributed by atoms with Crippen LogP contribution in [0.1, 0.15) is 31.1 Å². The van der Waals surface area contributed by atoms with E-state index in [1.807, 2.05) is 0 Å². The van der Waals surface area contributed by atoms with Crippen LogP contribution in [0.4, 0.5) is 5.69 Å². The molecular formula is C14H14ClNO4. The van der Waals surface area contributed by atoms with Crippen LogP contribution in [-0.4, -0.2) is 23.1 Å². The van der Waals surface area contributed by atoms with Crippen molar-refractivity contribution in [3.63, 3.8) is 0 Å². The number of anilines is 1. The zero-order chi connectivity index (χ0) is 15.3. The van der Waals surface area contributed by atoms with Gasteiger partial charge in [0.2, 0.25) is 5.91 Å². The van der Waals surface area contributed by atoms with Gasteiger partial charge < -0.3 is 15.2 Å². The molecule has 0 bridgehead atoms. The quantitative estimate of drug-likeness (QED) is 0.838. The molecule has 6 heteroatoms. The van der Waals surface area contributed by atoms with Gasteiger partial charge in [-0.3, -0.25) is 4.79 Å². The second kappa shape index (κ2) is 6.83. The molecule has 0 aliphatic carbocycles. The van der Waals surface area contributed by atoms with Crippen LogP contribution >= 0.6 is 11.6 Å². The first-order chi connectivity index (χ1) is 9.35. The zero-order valence-corrected chi connectivity index (χ0v) is 12.0. The molecule has 0 spiro atoms. The number of carboxylic acid groups (broad SMARTS) is 1. The molecule has 20 heavy (non-hydrogen) atoms. The van der Waals surface area contributed by atoms with Crippen LogP contribution in [0.3, 0.4) is 0 Å². The van der Waals surface area contributed by atoms with Crippen molar-refractivity contribution in [1.29, 1.82) is 0 Å². The standard InChI is InChI=1S/C14H14ClNO4/c1-4-5-8(2)20-13-7-12(16-9(3)17)11(15)6-10(13)14(18)19/h6-8H,1-3H3,(H,16,17)(H,18,19). The van der Waals surface area contributed by atoms with Crippen LogP contribution in [0.2, 0.25) is 5.02 Å². The molecule has 106 valence electrons. The van der Waals surface area contributed by atoms with Crippen LogP contribution in [0.25, 0.3) is 0 Å². The maximum absolute atomic E-state index is 11.2. The number of halogens is 1. The lowest BCUT2D eigenvalue weighted by Gasteiger charge is -2.14. The first kappa shape index (κ1) is 15.9. The van der Waals surface area contributed by atoms with Gasteiger partial charge in [-0.2, -0.15) is 0 Å². The summed E-state index contributed by atoms with van der Waals surface area (Å²) in [5.74, 6) is 4.03. The van der Waals surface area contributed by atoms with Gasteiger partial charge in [0.05, 0.1) is 10.7 Å². The summed E-state index contributed by atoms with van der Waals surface area (Å²) >= 11 is 5.93. The summed E-state index contributed by atoms with van der Waals surface area (Å²) in [4.78, 5) is 22.3. The van der Waals surface area contributed by atoms with Crippen molar-refractivity contribution >= 4 is 29.2 Å². The summed E-state index contributed by atoms with van der Waals surface area (Å²) in [5.41, 5.74) is 0.199. The molecule has 0 aliphatic heterocycles. The number of carboxylic acids is 1. The fourth-order valence-corrected chi connectivity index (χ4v) is 1.74. The number of benzene rings is 1. The molecule has 5 nitrogen and oxygen atoms in total. The molecule has 0 aliphatic rings. The number of amides is 1. The average Bonchev–Trinajstić information content (AvgIpc) is 2.32. The number of carbonyl (C=O) groups is 2.